The van der Waals surface area contributed by atoms with Crippen molar-refractivity contribution in [2.75, 3.05) is 13.1 Å². The van der Waals surface area contributed by atoms with Crippen LogP contribution in [0.3, 0.4) is 0 Å². The van der Waals surface area contributed by atoms with Crippen molar-refractivity contribution in [1.82, 2.24) is 9.88 Å². The molecule has 0 bridgehead atoms. The number of aromatic amines is 1. The van der Waals surface area contributed by atoms with Crippen molar-refractivity contribution in [2.24, 2.45) is 0 Å². The van der Waals surface area contributed by atoms with Crippen molar-refractivity contribution in [2.45, 2.75) is 31.6 Å². The summed E-state index contributed by atoms with van der Waals surface area (Å²) in [4.78, 5) is 18.0. The number of H-pyrrole nitrogens is 1. The zero-order valence-corrected chi connectivity index (χ0v) is 14.8. The van der Waals surface area contributed by atoms with Crippen LogP contribution < -0.4 is 0 Å². The average molecular weight is 348 g/mol. The number of phenolic OH excluding ortho intramolecular Hbond substituents is 1. The van der Waals surface area contributed by atoms with E-state index in [1.54, 1.807) is 12.1 Å². The molecule has 2 aromatic carbocycles. The second-order valence-corrected chi connectivity index (χ2v) is 7.10. The third kappa shape index (κ3) is 3.45. The molecule has 1 aromatic heterocycles. The number of para-hydroxylation sites is 2. The lowest BCUT2D eigenvalue weighted by Crippen LogP contribution is -2.38. The fraction of sp³-hybridized carbons (Fsp3) is 0.318. The summed E-state index contributed by atoms with van der Waals surface area (Å²) >= 11 is 0. The van der Waals surface area contributed by atoms with E-state index in [-0.39, 0.29) is 11.7 Å². The van der Waals surface area contributed by atoms with Crippen molar-refractivity contribution >= 4 is 16.8 Å². The highest BCUT2D eigenvalue weighted by molar-refractivity contribution is 5.80. The first-order valence-electron chi connectivity index (χ1n) is 9.33. The van der Waals surface area contributed by atoms with Gasteiger partial charge in [-0.1, -0.05) is 36.4 Å². The maximum absolute atomic E-state index is 12.5. The molecule has 0 saturated carbocycles. The van der Waals surface area contributed by atoms with Crippen molar-refractivity contribution < 1.29 is 9.90 Å². The Balaban J connectivity index is 1.33. The van der Waals surface area contributed by atoms with Crippen LogP contribution in [0, 0.1) is 0 Å². The highest BCUT2D eigenvalue weighted by Crippen LogP contribution is 2.30. The maximum Gasteiger partial charge on any atom is 0.222 e. The van der Waals surface area contributed by atoms with E-state index in [2.05, 4.69) is 35.3 Å². The van der Waals surface area contributed by atoms with E-state index in [0.717, 1.165) is 31.5 Å². The summed E-state index contributed by atoms with van der Waals surface area (Å²) in [7, 11) is 0. The van der Waals surface area contributed by atoms with Crippen LogP contribution in [0.2, 0.25) is 0 Å². The topological polar surface area (TPSA) is 56.3 Å². The fourth-order valence-electron chi connectivity index (χ4n) is 3.88. The summed E-state index contributed by atoms with van der Waals surface area (Å²) in [6, 6.07) is 17.8. The fourth-order valence-corrected chi connectivity index (χ4v) is 3.88. The van der Waals surface area contributed by atoms with Gasteiger partial charge in [0.25, 0.3) is 0 Å². The van der Waals surface area contributed by atoms with Gasteiger partial charge < -0.3 is 15.0 Å². The monoisotopic (exact) mass is 348 g/mol. The zero-order valence-electron chi connectivity index (χ0n) is 14.8. The number of carbonyl (C=O) groups excluding carboxylic acids is 1. The molecule has 0 atom stereocenters. The Morgan fingerprint density at radius 2 is 1.81 bits per heavy atom. The van der Waals surface area contributed by atoms with Crippen molar-refractivity contribution in [1.29, 1.82) is 0 Å². The molecule has 1 amide bonds. The van der Waals surface area contributed by atoms with E-state index < -0.39 is 0 Å². The van der Waals surface area contributed by atoms with Gasteiger partial charge in [-0.25, -0.2) is 0 Å². The number of likely N-dealkylation sites (tertiary alicyclic amines) is 1. The summed E-state index contributed by atoms with van der Waals surface area (Å²) < 4.78 is 0. The summed E-state index contributed by atoms with van der Waals surface area (Å²) in [6.45, 7) is 1.61. The molecule has 0 spiro atoms. The predicted octanol–water partition coefficient (Wildman–Crippen LogP) is 4.21. The van der Waals surface area contributed by atoms with Crippen LogP contribution in [-0.4, -0.2) is 34.0 Å². The molecular formula is C22H24N2O2. The first kappa shape index (κ1) is 16.7. The van der Waals surface area contributed by atoms with Crippen LogP contribution in [0.5, 0.6) is 5.75 Å². The van der Waals surface area contributed by atoms with Crippen LogP contribution in [-0.2, 0) is 11.2 Å². The molecule has 1 aliphatic rings. The van der Waals surface area contributed by atoms with Crippen LogP contribution in [0.1, 0.15) is 36.4 Å². The lowest BCUT2D eigenvalue weighted by Gasteiger charge is -2.31. The van der Waals surface area contributed by atoms with E-state index in [0.29, 0.717) is 18.8 Å². The van der Waals surface area contributed by atoms with Crippen molar-refractivity contribution in [3.05, 3.63) is 65.9 Å². The minimum Gasteiger partial charge on any atom is -0.508 e. The van der Waals surface area contributed by atoms with Gasteiger partial charge in [0.15, 0.2) is 0 Å². The number of piperidine rings is 1. The SMILES string of the molecule is O=C(CCc1ccccc1O)N1CCC(c2cc3ccccc3[nH]2)CC1. The summed E-state index contributed by atoms with van der Waals surface area (Å²) in [6.07, 6.45) is 3.03. The van der Waals surface area contributed by atoms with E-state index in [1.807, 2.05) is 17.0 Å². The molecule has 26 heavy (non-hydrogen) atoms. The van der Waals surface area contributed by atoms with Crippen molar-refractivity contribution in [3.63, 3.8) is 0 Å². The Morgan fingerprint density at radius 1 is 1.08 bits per heavy atom. The third-order valence-corrected chi connectivity index (χ3v) is 5.44. The number of nitrogens with one attached hydrogen (secondary N) is 1. The smallest absolute Gasteiger partial charge is 0.222 e. The molecule has 2 heterocycles. The molecule has 4 rings (SSSR count). The molecule has 134 valence electrons. The minimum absolute atomic E-state index is 0.184. The van der Waals surface area contributed by atoms with Gasteiger partial charge >= 0.3 is 0 Å². The molecule has 0 radical (unpaired) electrons. The number of amides is 1. The number of aromatic hydroxyl groups is 1. The second-order valence-electron chi connectivity index (χ2n) is 7.10. The van der Waals surface area contributed by atoms with Crippen LogP contribution in [0.4, 0.5) is 0 Å². The lowest BCUT2D eigenvalue weighted by atomic mass is 9.93. The van der Waals surface area contributed by atoms with Gasteiger partial charge in [-0.2, -0.15) is 0 Å². The molecule has 2 N–H and O–H groups in total. The van der Waals surface area contributed by atoms with Crippen LogP contribution >= 0.6 is 0 Å². The lowest BCUT2D eigenvalue weighted by molar-refractivity contribution is -0.132. The largest absolute Gasteiger partial charge is 0.508 e. The van der Waals surface area contributed by atoms with E-state index in [9.17, 15) is 9.90 Å². The molecule has 4 heteroatoms. The van der Waals surface area contributed by atoms with E-state index in [1.165, 1.54) is 16.6 Å². The Labute approximate surface area is 153 Å². The molecule has 0 unspecified atom stereocenters. The van der Waals surface area contributed by atoms with Crippen LogP contribution in [0.25, 0.3) is 10.9 Å². The standard InChI is InChI=1S/C22H24N2O2/c25-21-8-4-2-5-17(21)9-10-22(26)24-13-11-16(12-14-24)20-15-18-6-1-3-7-19(18)23-20/h1-8,15-16,23,25H,9-14H2. The summed E-state index contributed by atoms with van der Waals surface area (Å²) in [5.74, 6) is 0.950. The Hall–Kier alpha value is -2.75. The van der Waals surface area contributed by atoms with E-state index >= 15 is 0 Å². The number of phenols is 1. The molecule has 4 nitrogen and oxygen atoms in total. The number of aryl methyl sites for hydroxylation is 1. The summed E-state index contributed by atoms with van der Waals surface area (Å²) in [5, 5.41) is 11.1. The Bertz CT molecular complexity index is 874. The first-order chi connectivity index (χ1) is 12.7. The van der Waals surface area contributed by atoms with Gasteiger partial charge in [0.1, 0.15) is 5.75 Å². The van der Waals surface area contributed by atoms with Gasteiger partial charge in [0, 0.05) is 36.6 Å². The maximum atomic E-state index is 12.5. The van der Waals surface area contributed by atoms with Gasteiger partial charge in [-0.15, -0.1) is 0 Å². The quantitative estimate of drug-likeness (QED) is 0.742. The van der Waals surface area contributed by atoms with Gasteiger partial charge in [0.05, 0.1) is 0 Å². The number of fused-ring (bicyclic) bond motifs is 1. The second kappa shape index (κ2) is 7.24. The number of benzene rings is 2. The Kier molecular flexibility index (Phi) is 4.65. The minimum atomic E-state index is 0.184. The molecule has 1 fully saturated rings. The van der Waals surface area contributed by atoms with E-state index in [4.69, 9.17) is 0 Å². The van der Waals surface area contributed by atoms with Gasteiger partial charge in [0.2, 0.25) is 5.91 Å². The number of rotatable bonds is 4. The molecule has 1 aliphatic heterocycles. The van der Waals surface area contributed by atoms with Gasteiger partial charge in [-0.3, -0.25) is 4.79 Å². The number of hydrogen-bond donors (Lipinski definition) is 2. The van der Waals surface area contributed by atoms with Gasteiger partial charge in [-0.05, 0) is 48.4 Å². The van der Waals surface area contributed by atoms with Crippen LogP contribution in [0.15, 0.2) is 54.6 Å². The number of aromatic nitrogens is 1. The number of hydrogen-bond acceptors (Lipinski definition) is 2. The number of carbonyl (C=O) groups is 1. The highest BCUT2D eigenvalue weighted by atomic mass is 16.3. The Morgan fingerprint density at radius 3 is 2.58 bits per heavy atom. The zero-order chi connectivity index (χ0) is 17.9. The molecular weight excluding hydrogens is 324 g/mol. The highest BCUT2D eigenvalue weighted by Gasteiger charge is 2.24. The summed E-state index contributed by atoms with van der Waals surface area (Å²) in [5.41, 5.74) is 3.31. The average Bonchev–Trinajstić information content (AvgIpc) is 3.11. The first-order valence-corrected chi connectivity index (χ1v) is 9.33. The normalized spacial score (nSPS) is 15.5. The molecule has 1 saturated heterocycles. The molecule has 0 aliphatic carbocycles. The van der Waals surface area contributed by atoms with Crippen molar-refractivity contribution in [3.8, 4) is 5.75 Å². The molecule has 3 aromatic rings. The third-order valence-electron chi connectivity index (χ3n) is 5.44. The number of nitrogens with zero attached hydrogens (tertiary/aromatic N) is 1. The predicted molar refractivity (Wildman–Crippen MR) is 103 cm³/mol.